The summed E-state index contributed by atoms with van der Waals surface area (Å²) in [5.41, 5.74) is 4.68. The van der Waals surface area contributed by atoms with Gasteiger partial charge in [-0.05, 0) is 372 Å². The lowest BCUT2D eigenvalue weighted by atomic mass is 9.91. The number of Topliss-reactive ketones (excluding diaryl/α,β-unsaturated/α-hetero) is 1. The number of carbonyl (C=O) groups excluding carboxylic acids is 7. The van der Waals surface area contributed by atoms with Crippen molar-refractivity contribution >= 4 is 113 Å². The molecule has 1 atom stereocenters. The number of carbonyl (C=O) groups is 7. The average Bonchev–Trinajstić information content (AvgIpc) is 0.777. The highest BCUT2D eigenvalue weighted by Gasteiger charge is 2.40. The summed E-state index contributed by atoms with van der Waals surface area (Å²) in [5.74, 6) is -2.81. The smallest absolute Gasteiger partial charge is 0.410 e. The quantitative estimate of drug-likeness (QED) is 0.0310. The summed E-state index contributed by atoms with van der Waals surface area (Å²) in [5, 5.41) is 13.0. The predicted octanol–water partition coefficient (Wildman–Crippen LogP) is 29.2. The van der Waals surface area contributed by atoms with E-state index in [1.165, 1.54) is 88.4 Å². The molecule has 141 heavy (non-hydrogen) atoms. The number of ether oxygens (including phenoxy) is 5. The fourth-order valence-electron chi connectivity index (χ4n) is 12.8. The molecule has 23 nitrogen and oxygen atoms in total. The molecule has 1 unspecified atom stereocenters. The maximum atomic E-state index is 13.6. The number of alkyl carbamates (subject to hydrolysis) is 1. The van der Waals surface area contributed by atoms with E-state index in [9.17, 15) is 60.6 Å². The van der Waals surface area contributed by atoms with Crippen LogP contribution in [-0.2, 0) is 51.4 Å². The molecule has 0 aliphatic heterocycles. The van der Waals surface area contributed by atoms with Gasteiger partial charge in [-0.15, -0.1) is 0 Å². The lowest BCUT2D eigenvalue weighted by Crippen LogP contribution is -2.45. The van der Waals surface area contributed by atoms with Crippen LogP contribution in [0.25, 0.3) is 68.4 Å². The van der Waals surface area contributed by atoms with Crippen LogP contribution in [-0.4, -0.2) is 148 Å². The Labute approximate surface area is 849 Å². The van der Waals surface area contributed by atoms with Gasteiger partial charge in [-0.3, -0.25) is 14.6 Å². The molecule has 758 valence electrons. The van der Waals surface area contributed by atoms with Crippen LogP contribution in [0.3, 0.4) is 0 Å². The van der Waals surface area contributed by atoms with Crippen LogP contribution in [0.1, 0.15) is 259 Å². The zero-order chi connectivity index (χ0) is 107. The van der Waals surface area contributed by atoms with Crippen molar-refractivity contribution < 1.29 is 84.3 Å². The minimum Gasteiger partial charge on any atom is -0.444 e. The summed E-state index contributed by atoms with van der Waals surface area (Å²) in [6.45, 7) is 56.3. The Morgan fingerprint density at radius 2 is 0.582 bits per heavy atom. The third kappa shape index (κ3) is 33.4. The van der Waals surface area contributed by atoms with Crippen molar-refractivity contribution in [3.05, 3.63) is 275 Å². The van der Waals surface area contributed by atoms with Crippen LogP contribution in [0.4, 0.5) is 45.9 Å². The van der Waals surface area contributed by atoms with Crippen LogP contribution in [0.15, 0.2) is 165 Å². The number of aliphatic hydroxyl groups is 1. The number of aldehydes is 1. The standard InChI is InChI=1S/C22H28ClFN2O3.C22H26ClFN2O3.C22H26ClFN2O2.C21H24ClFN2O3.C21H24ClFN2O2/c2*1-13(27)18-11-15(22(5,6)26(7)20(28)29-21(2,3)4)12-19(25-18)14-8-9-17(24)16(23)10-14;1-8-16-12-15(22(5,6)26(7)20(27)28-21(2,3)4)13-19(25-16)14-9-10-18(24)17(23)11-14;1-20(2,3)28-19(27)25(6)21(4,5)14-10-15(12-26)24-18(11-14)13-7-8-17(23)16(22)9-13;1-7-15-11-14(21(5,6)25-19(26)27-20(2,3)4)12-18(24-15)13-8-9-17(23)16(22)10-13/h8-13,27H,1-7H3;8-12H,1-7H3;8-13H,1H2,2-7H3;7-12H,1-6H3;7-12H,1H2,2-6H3,(H,25,26). The van der Waals surface area contributed by atoms with Gasteiger partial charge in [-0.1, -0.05) is 71.2 Å². The van der Waals surface area contributed by atoms with Crippen molar-refractivity contribution in [2.45, 2.75) is 249 Å². The number of benzene rings is 5. The maximum Gasteiger partial charge on any atom is 0.410 e. The van der Waals surface area contributed by atoms with Crippen LogP contribution in [0.2, 0.25) is 25.1 Å². The molecular formula is C108H128Cl5F5N10O13. The van der Waals surface area contributed by atoms with Gasteiger partial charge in [0.05, 0.1) is 104 Å². The van der Waals surface area contributed by atoms with E-state index in [0.717, 1.165) is 16.7 Å². The molecule has 0 radical (unpaired) electrons. The molecule has 0 fully saturated rings. The van der Waals surface area contributed by atoms with E-state index in [1.807, 2.05) is 114 Å². The first-order chi connectivity index (χ1) is 64.5. The Morgan fingerprint density at radius 1 is 0.348 bits per heavy atom. The van der Waals surface area contributed by atoms with Crippen LogP contribution in [0, 0.1) is 29.1 Å². The van der Waals surface area contributed by atoms with E-state index in [1.54, 1.807) is 196 Å². The number of rotatable bonds is 20. The first-order valence-corrected chi connectivity index (χ1v) is 46.6. The van der Waals surface area contributed by atoms with Crippen LogP contribution >= 0.6 is 58.0 Å². The number of amides is 5. The second-order valence-electron chi connectivity index (χ2n) is 40.8. The third-order valence-corrected chi connectivity index (χ3v) is 23.4. The van der Waals surface area contributed by atoms with E-state index in [4.69, 9.17) is 81.7 Å². The van der Waals surface area contributed by atoms with E-state index >= 15 is 0 Å². The van der Waals surface area contributed by atoms with Crippen molar-refractivity contribution in [2.24, 2.45) is 0 Å². The van der Waals surface area contributed by atoms with Crippen LogP contribution < -0.4 is 5.32 Å². The monoisotopic (exact) mass is 2040 g/mol. The number of aromatic nitrogens is 5. The largest absolute Gasteiger partial charge is 0.444 e. The summed E-state index contributed by atoms with van der Waals surface area (Å²) >= 11 is 29.5. The fraction of sp³-hybridized carbons (Fsp3) is 0.389. The highest BCUT2D eigenvalue weighted by atomic mass is 35.5. The van der Waals surface area contributed by atoms with Gasteiger partial charge in [0.2, 0.25) is 0 Å². The van der Waals surface area contributed by atoms with Gasteiger partial charge in [0.1, 0.15) is 68.5 Å². The molecule has 5 heterocycles. The molecule has 5 aromatic heterocycles. The van der Waals surface area contributed by atoms with Crippen molar-refractivity contribution in [1.82, 2.24) is 49.8 Å². The predicted molar refractivity (Wildman–Crippen MR) is 550 cm³/mol. The van der Waals surface area contributed by atoms with Crippen molar-refractivity contribution in [1.29, 1.82) is 0 Å². The van der Waals surface area contributed by atoms with E-state index in [2.05, 4.69) is 43.4 Å². The first-order valence-electron chi connectivity index (χ1n) is 44.7. The first kappa shape index (κ1) is 118. The summed E-state index contributed by atoms with van der Waals surface area (Å²) in [4.78, 5) is 114. The molecule has 0 bridgehead atoms. The molecule has 10 rings (SSSR count). The molecule has 5 amide bonds. The Bertz CT molecular complexity index is 6130. The zero-order valence-corrected chi connectivity index (χ0v) is 89.6. The van der Waals surface area contributed by atoms with Gasteiger partial charge < -0.3 is 53.7 Å². The average molecular weight is 2050 g/mol. The molecule has 0 saturated heterocycles. The molecule has 10 aromatic rings. The lowest BCUT2D eigenvalue weighted by Gasteiger charge is -2.37. The SMILES string of the molecule is C=Cc1cc(C(C)(C)N(C)C(=O)OC(C)(C)C)cc(-c2ccc(F)c(Cl)c2)n1.C=Cc1cc(C(C)(C)NC(=O)OC(C)(C)C)cc(-c2ccc(F)c(Cl)c2)n1.CC(=O)c1cc(C(C)(C)N(C)C(=O)OC(C)(C)C)cc(-c2ccc(F)c(Cl)c2)n1.CC(O)c1cc(C(C)(C)N(C)C(=O)OC(C)(C)C)cc(-c2ccc(F)c(Cl)c2)n1.CN(C(=O)OC(C)(C)C)C(C)(C)c1cc(C=O)nc(-c2ccc(F)c(Cl)c2)c1. The van der Waals surface area contributed by atoms with E-state index in [-0.39, 0.29) is 42.3 Å². The van der Waals surface area contributed by atoms with Gasteiger partial charge in [0.15, 0.2) is 12.1 Å². The summed E-state index contributed by atoms with van der Waals surface area (Å²) < 4.78 is 94.9. The summed E-state index contributed by atoms with van der Waals surface area (Å²) in [7, 11) is 6.61. The topological polar surface area (TPSA) is 275 Å². The van der Waals surface area contributed by atoms with Gasteiger partial charge >= 0.3 is 30.5 Å². The molecule has 2 N–H and O–H groups in total. The van der Waals surface area contributed by atoms with Crippen LogP contribution in [0.5, 0.6) is 0 Å². The zero-order valence-electron chi connectivity index (χ0n) is 85.8. The highest BCUT2D eigenvalue weighted by molar-refractivity contribution is 6.32. The Balaban J connectivity index is 0.000000270. The third-order valence-electron chi connectivity index (χ3n) is 22.0. The fourth-order valence-corrected chi connectivity index (χ4v) is 13.7. The number of pyridine rings is 5. The molecule has 0 saturated carbocycles. The Kier molecular flexibility index (Phi) is 39.2. The summed E-state index contributed by atoms with van der Waals surface area (Å²) in [6.07, 6.45) is 0.641. The molecule has 0 aliphatic rings. The van der Waals surface area contributed by atoms with Gasteiger partial charge in [0.25, 0.3) is 0 Å². The number of hydrogen-bond donors (Lipinski definition) is 2. The Hall–Kier alpha value is -11.9. The molecule has 0 spiro atoms. The van der Waals surface area contributed by atoms with Crippen molar-refractivity contribution in [3.63, 3.8) is 0 Å². The number of ketones is 1. The second kappa shape index (κ2) is 46.9. The molecule has 33 heteroatoms. The number of aliphatic hydroxyl groups excluding tert-OH is 1. The van der Waals surface area contributed by atoms with Gasteiger partial charge in [0, 0.05) is 62.9 Å². The normalized spacial score (nSPS) is 12.1. The van der Waals surface area contributed by atoms with Crippen molar-refractivity contribution in [2.75, 3.05) is 28.2 Å². The molecular weight excluding hydrogens is 1920 g/mol. The highest BCUT2D eigenvalue weighted by Crippen LogP contribution is 2.41. The lowest BCUT2D eigenvalue weighted by molar-refractivity contribution is 0.00921. The van der Waals surface area contributed by atoms with E-state index < -0.39 is 121 Å². The number of nitrogens with one attached hydrogen (secondary N) is 1. The Morgan fingerprint density at radius 3 is 0.830 bits per heavy atom. The van der Waals surface area contributed by atoms with Gasteiger partial charge in [-0.2, -0.15) is 0 Å². The summed E-state index contributed by atoms with van der Waals surface area (Å²) in [6, 6.07) is 39.4. The molecule has 5 aromatic carbocycles. The minimum atomic E-state index is -0.827. The van der Waals surface area contributed by atoms with Crippen molar-refractivity contribution in [3.8, 4) is 56.3 Å². The molecule has 0 aliphatic carbocycles. The minimum absolute atomic E-state index is 0.0153. The van der Waals surface area contributed by atoms with E-state index in [0.29, 0.717) is 90.8 Å². The van der Waals surface area contributed by atoms with Gasteiger partial charge in [-0.25, -0.2) is 65.9 Å². The second-order valence-corrected chi connectivity index (χ2v) is 42.9. The number of halogens is 10. The maximum absolute atomic E-state index is 13.6. The number of nitrogens with zero attached hydrogens (tertiary/aromatic N) is 9. The number of hydrogen-bond acceptors (Lipinski definition) is 18.